The van der Waals surface area contributed by atoms with E-state index in [4.69, 9.17) is 0 Å². The topological polar surface area (TPSA) is 15.3 Å². The Hall–Kier alpha value is -0.0800. The van der Waals surface area contributed by atoms with Crippen LogP contribution in [-0.2, 0) is 0 Å². The molecule has 0 radical (unpaired) electrons. The van der Waals surface area contributed by atoms with Gasteiger partial charge in [-0.15, -0.1) is 0 Å². The molecule has 0 aromatic rings. The minimum absolute atomic E-state index is 0.369. The fraction of sp³-hybridized carbons (Fsp3) is 1.00. The van der Waals surface area contributed by atoms with Crippen LogP contribution in [0.1, 0.15) is 40.0 Å². The average Bonchev–Trinajstić information content (AvgIpc) is 2.95. The van der Waals surface area contributed by atoms with E-state index in [1.54, 1.807) is 0 Å². The molecular formula is C12H24N2. The summed E-state index contributed by atoms with van der Waals surface area (Å²) in [5.74, 6) is 0.936. The molecule has 1 heterocycles. The van der Waals surface area contributed by atoms with Crippen molar-refractivity contribution in [2.24, 2.45) is 5.92 Å². The first-order valence-electron chi connectivity index (χ1n) is 5.96. The van der Waals surface area contributed by atoms with Crippen molar-refractivity contribution in [1.29, 1.82) is 0 Å². The molecule has 1 saturated carbocycles. The van der Waals surface area contributed by atoms with Gasteiger partial charge in [-0.05, 0) is 46.1 Å². The highest BCUT2D eigenvalue weighted by Crippen LogP contribution is 2.42. The molecule has 2 heteroatoms. The van der Waals surface area contributed by atoms with Gasteiger partial charge in [0.1, 0.15) is 0 Å². The summed E-state index contributed by atoms with van der Waals surface area (Å²) in [5, 5.41) is 3.79. The standard InChI is InChI=1S/C12H24N2/c1-5-11(2)8-13-12(3,9-14(11)4)10-6-7-10/h10,13H,5-9H2,1-4H3. The zero-order valence-electron chi connectivity index (χ0n) is 10.1. The first-order valence-corrected chi connectivity index (χ1v) is 5.96. The van der Waals surface area contributed by atoms with E-state index < -0.39 is 0 Å². The molecule has 1 aliphatic heterocycles. The van der Waals surface area contributed by atoms with E-state index in [9.17, 15) is 0 Å². The van der Waals surface area contributed by atoms with Gasteiger partial charge >= 0.3 is 0 Å². The first kappa shape index (κ1) is 10.4. The summed E-state index contributed by atoms with van der Waals surface area (Å²) < 4.78 is 0. The van der Waals surface area contributed by atoms with Crippen LogP contribution in [0.15, 0.2) is 0 Å². The van der Waals surface area contributed by atoms with E-state index in [1.807, 2.05) is 0 Å². The highest BCUT2D eigenvalue weighted by Gasteiger charge is 2.47. The Balaban J connectivity index is 2.05. The summed E-state index contributed by atoms with van der Waals surface area (Å²) in [6.45, 7) is 9.41. The van der Waals surface area contributed by atoms with Crippen molar-refractivity contribution in [1.82, 2.24) is 10.2 Å². The Labute approximate surface area is 88.1 Å². The van der Waals surface area contributed by atoms with Crippen LogP contribution in [0.2, 0.25) is 0 Å². The molecule has 1 aliphatic carbocycles. The van der Waals surface area contributed by atoms with Gasteiger partial charge < -0.3 is 5.32 Å². The predicted molar refractivity (Wildman–Crippen MR) is 60.5 cm³/mol. The molecule has 0 spiro atoms. The maximum absolute atomic E-state index is 3.79. The summed E-state index contributed by atoms with van der Waals surface area (Å²) in [4.78, 5) is 2.56. The summed E-state index contributed by atoms with van der Waals surface area (Å²) in [6, 6.07) is 0. The Bertz CT molecular complexity index is 224. The van der Waals surface area contributed by atoms with Crippen LogP contribution < -0.4 is 5.32 Å². The number of hydrogen-bond acceptors (Lipinski definition) is 2. The second kappa shape index (κ2) is 3.21. The minimum atomic E-state index is 0.369. The SMILES string of the molecule is CCC1(C)CNC(C)(C2CC2)CN1C. The fourth-order valence-corrected chi connectivity index (χ4v) is 2.66. The van der Waals surface area contributed by atoms with Crippen molar-refractivity contribution in [3.05, 3.63) is 0 Å². The predicted octanol–water partition coefficient (Wildman–Crippen LogP) is 1.86. The van der Waals surface area contributed by atoms with Crippen molar-refractivity contribution in [3.8, 4) is 0 Å². The Morgan fingerprint density at radius 1 is 1.36 bits per heavy atom. The third kappa shape index (κ3) is 1.59. The minimum Gasteiger partial charge on any atom is -0.308 e. The highest BCUT2D eigenvalue weighted by atomic mass is 15.3. The smallest absolute Gasteiger partial charge is 0.0309 e. The van der Waals surface area contributed by atoms with Crippen LogP contribution in [0.3, 0.4) is 0 Å². The Morgan fingerprint density at radius 2 is 2.00 bits per heavy atom. The molecule has 1 saturated heterocycles. The zero-order valence-corrected chi connectivity index (χ0v) is 10.1. The van der Waals surface area contributed by atoms with Crippen LogP contribution in [-0.4, -0.2) is 36.1 Å². The van der Waals surface area contributed by atoms with E-state index >= 15 is 0 Å². The van der Waals surface area contributed by atoms with Gasteiger partial charge in [0.05, 0.1) is 0 Å². The zero-order chi connectivity index (χ0) is 10.4. The normalized spacial score (nSPS) is 45.4. The lowest BCUT2D eigenvalue weighted by molar-refractivity contribution is 0.0324. The van der Waals surface area contributed by atoms with Crippen molar-refractivity contribution in [2.45, 2.75) is 51.1 Å². The Morgan fingerprint density at radius 3 is 2.43 bits per heavy atom. The summed E-state index contributed by atoms with van der Waals surface area (Å²) in [5.41, 5.74) is 0.762. The Kier molecular flexibility index (Phi) is 2.39. The van der Waals surface area contributed by atoms with Gasteiger partial charge in [0, 0.05) is 24.2 Å². The third-order valence-corrected chi connectivity index (χ3v) is 4.60. The number of rotatable bonds is 2. The van der Waals surface area contributed by atoms with E-state index in [2.05, 4.69) is 38.0 Å². The van der Waals surface area contributed by atoms with Crippen molar-refractivity contribution in [3.63, 3.8) is 0 Å². The second-order valence-electron chi connectivity index (χ2n) is 5.75. The molecule has 2 unspecified atom stereocenters. The molecule has 2 aliphatic rings. The number of hydrogen-bond donors (Lipinski definition) is 1. The third-order valence-electron chi connectivity index (χ3n) is 4.60. The largest absolute Gasteiger partial charge is 0.308 e. The van der Waals surface area contributed by atoms with Crippen LogP contribution in [0.5, 0.6) is 0 Å². The van der Waals surface area contributed by atoms with Gasteiger partial charge in [-0.3, -0.25) is 4.90 Å². The van der Waals surface area contributed by atoms with E-state index in [0.29, 0.717) is 11.1 Å². The van der Waals surface area contributed by atoms with E-state index in [0.717, 1.165) is 12.5 Å². The summed E-state index contributed by atoms with van der Waals surface area (Å²) in [6.07, 6.45) is 4.09. The second-order valence-corrected chi connectivity index (χ2v) is 5.75. The molecule has 0 aromatic heterocycles. The summed E-state index contributed by atoms with van der Waals surface area (Å²) in [7, 11) is 2.28. The number of nitrogens with zero attached hydrogens (tertiary/aromatic N) is 1. The molecule has 14 heavy (non-hydrogen) atoms. The molecular weight excluding hydrogens is 172 g/mol. The van der Waals surface area contributed by atoms with E-state index in [-0.39, 0.29) is 0 Å². The van der Waals surface area contributed by atoms with E-state index in [1.165, 1.54) is 25.8 Å². The monoisotopic (exact) mass is 196 g/mol. The van der Waals surface area contributed by atoms with Gasteiger partial charge in [-0.1, -0.05) is 6.92 Å². The van der Waals surface area contributed by atoms with Gasteiger partial charge in [0.25, 0.3) is 0 Å². The molecule has 0 amide bonds. The number of piperazine rings is 1. The van der Waals surface area contributed by atoms with Crippen LogP contribution in [0.25, 0.3) is 0 Å². The quantitative estimate of drug-likeness (QED) is 0.725. The number of likely N-dealkylation sites (N-methyl/N-ethyl adjacent to an activating group) is 1. The van der Waals surface area contributed by atoms with Crippen molar-refractivity contribution in [2.75, 3.05) is 20.1 Å². The van der Waals surface area contributed by atoms with Crippen LogP contribution >= 0.6 is 0 Å². The fourth-order valence-electron chi connectivity index (χ4n) is 2.66. The maximum Gasteiger partial charge on any atom is 0.0309 e. The lowest BCUT2D eigenvalue weighted by Gasteiger charge is -2.51. The van der Waals surface area contributed by atoms with Gasteiger partial charge in [0.2, 0.25) is 0 Å². The molecule has 2 rings (SSSR count). The number of nitrogens with one attached hydrogen (secondary N) is 1. The molecule has 1 N–H and O–H groups in total. The molecule has 2 fully saturated rings. The maximum atomic E-state index is 3.79. The van der Waals surface area contributed by atoms with Crippen LogP contribution in [0, 0.1) is 5.92 Å². The average molecular weight is 196 g/mol. The van der Waals surface area contributed by atoms with Gasteiger partial charge in [0.15, 0.2) is 0 Å². The lowest BCUT2D eigenvalue weighted by Crippen LogP contribution is -2.67. The first-order chi connectivity index (χ1) is 6.50. The summed E-state index contributed by atoms with van der Waals surface area (Å²) >= 11 is 0. The van der Waals surface area contributed by atoms with Crippen molar-refractivity contribution >= 4 is 0 Å². The highest BCUT2D eigenvalue weighted by molar-refractivity contribution is 5.06. The molecule has 0 bridgehead atoms. The molecule has 0 aromatic carbocycles. The van der Waals surface area contributed by atoms with Gasteiger partial charge in [-0.25, -0.2) is 0 Å². The molecule has 2 nitrogen and oxygen atoms in total. The lowest BCUT2D eigenvalue weighted by atomic mass is 9.85. The van der Waals surface area contributed by atoms with Gasteiger partial charge in [-0.2, -0.15) is 0 Å². The van der Waals surface area contributed by atoms with Crippen molar-refractivity contribution < 1.29 is 0 Å². The van der Waals surface area contributed by atoms with Crippen LogP contribution in [0.4, 0.5) is 0 Å². The molecule has 2 atom stereocenters. The molecule has 82 valence electrons.